The van der Waals surface area contributed by atoms with Crippen LogP contribution in [0.2, 0.25) is 0 Å². The molecule has 0 unspecified atom stereocenters. The summed E-state index contributed by atoms with van der Waals surface area (Å²) < 4.78 is 33.7. The van der Waals surface area contributed by atoms with Crippen molar-refractivity contribution >= 4 is 37.5 Å². The number of furan rings is 1. The Balaban J connectivity index is 1.79. The van der Waals surface area contributed by atoms with Crippen molar-refractivity contribution in [3.8, 4) is 0 Å². The lowest BCUT2D eigenvalue weighted by molar-refractivity contribution is 0.0948. The monoisotopic (exact) mass is 448 g/mol. The van der Waals surface area contributed by atoms with Crippen molar-refractivity contribution in [3.05, 3.63) is 82.2 Å². The molecule has 0 aliphatic carbocycles. The van der Waals surface area contributed by atoms with Crippen LogP contribution in [0.1, 0.15) is 21.7 Å². The summed E-state index contributed by atoms with van der Waals surface area (Å²) in [5.41, 5.74) is 1.59. The first-order valence-electron chi connectivity index (χ1n) is 8.05. The van der Waals surface area contributed by atoms with Crippen LogP contribution in [-0.2, 0) is 16.6 Å². The van der Waals surface area contributed by atoms with E-state index >= 15 is 0 Å². The summed E-state index contributed by atoms with van der Waals surface area (Å²) in [6.45, 7) is 2.09. The first-order chi connectivity index (χ1) is 12.8. The molecule has 0 fully saturated rings. The van der Waals surface area contributed by atoms with Gasteiger partial charge in [-0.15, -0.1) is 0 Å². The normalized spacial score (nSPS) is 11.2. The van der Waals surface area contributed by atoms with Crippen LogP contribution in [0.5, 0.6) is 0 Å². The predicted octanol–water partition coefficient (Wildman–Crippen LogP) is 4.08. The van der Waals surface area contributed by atoms with E-state index in [9.17, 15) is 13.2 Å². The lowest BCUT2D eigenvalue weighted by Gasteiger charge is -2.11. The van der Waals surface area contributed by atoms with Gasteiger partial charge in [0.05, 0.1) is 23.4 Å². The first-order valence-corrected chi connectivity index (χ1v) is 10.3. The molecule has 140 valence electrons. The number of sulfonamides is 1. The van der Waals surface area contributed by atoms with Crippen molar-refractivity contribution in [1.82, 2.24) is 5.32 Å². The molecule has 1 heterocycles. The quantitative estimate of drug-likeness (QED) is 0.594. The fourth-order valence-corrected chi connectivity index (χ4v) is 4.00. The fourth-order valence-electron chi connectivity index (χ4n) is 2.41. The summed E-state index contributed by atoms with van der Waals surface area (Å²) in [6, 6.07) is 14.7. The summed E-state index contributed by atoms with van der Waals surface area (Å²) in [5, 5.41) is 2.69. The van der Waals surface area contributed by atoms with Crippen LogP contribution in [0.4, 0.5) is 5.69 Å². The van der Waals surface area contributed by atoms with Gasteiger partial charge in [-0.25, -0.2) is 8.42 Å². The molecule has 0 radical (unpaired) electrons. The molecule has 1 aromatic heterocycles. The summed E-state index contributed by atoms with van der Waals surface area (Å²) in [4.78, 5) is 12.3. The highest BCUT2D eigenvalue weighted by Gasteiger charge is 2.18. The highest BCUT2D eigenvalue weighted by atomic mass is 79.9. The maximum atomic E-state index is 12.7. The van der Waals surface area contributed by atoms with Gasteiger partial charge >= 0.3 is 0 Å². The minimum atomic E-state index is -3.85. The standard InChI is InChI=1S/C19H17BrN2O4S/c1-13-7-8-17(20)18(10-13)22-27(24,25)16-6-2-4-14(11-16)19(23)21-12-15-5-3-9-26-15/h2-11,22H,12H2,1H3,(H,21,23). The number of carbonyl (C=O) groups excluding carboxylic acids is 1. The van der Waals surface area contributed by atoms with E-state index in [4.69, 9.17) is 4.42 Å². The van der Waals surface area contributed by atoms with E-state index < -0.39 is 10.0 Å². The number of amides is 1. The Morgan fingerprint density at radius 3 is 2.67 bits per heavy atom. The van der Waals surface area contributed by atoms with Crippen molar-refractivity contribution in [3.63, 3.8) is 0 Å². The minimum absolute atomic E-state index is 0.00144. The van der Waals surface area contributed by atoms with Crippen molar-refractivity contribution in [2.75, 3.05) is 4.72 Å². The second-order valence-corrected chi connectivity index (χ2v) is 8.42. The zero-order valence-corrected chi connectivity index (χ0v) is 16.8. The molecular weight excluding hydrogens is 432 g/mol. The first kappa shape index (κ1) is 19.2. The van der Waals surface area contributed by atoms with E-state index in [-0.39, 0.29) is 22.9 Å². The number of nitrogens with one attached hydrogen (secondary N) is 2. The van der Waals surface area contributed by atoms with Gasteiger partial charge in [0, 0.05) is 10.0 Å². The van der Waals surface area contributed by atoms with Crippen molar-refractivity contribution in [2.45, 2.75) is 18.4 Å². The van der Waals surface area contributed by atoms with Gasteiger partial charge in [-0.1, -0.05) is 12.1 Å². The molecule has 0 spiro atoms. The summed E-state index contributed by atoms with van der Waals surface area (Å²) in [7, 11) is -3.85. The number of aryl methyl sites for hydroxylation is 1. The molecule has 27 heavy (non-hydrogen) atoms. The number of carbonyl (C=O) groups is 1. The smallest absolute Gasteiger partial charge is 0.261 e. The number of rotatable bonds is 6. The Bertz CT molecular complexity index is 1060. The predicted molar refractivity (Wildman–Crippen MR) is 106 cm³/mol. The second kappa shape index (κ2) is 7.98. The lowest BCUT2D eigenvalue weighted by atomic mass is 10.2. The van der Waals surface area contributed by atoms with Gasteiger partial charge in [-0.3, -0.25) is 9.52 Å². The Hall–Kier alpha value is -2.58. The summed E-state index contributed by atoms with van der Waals surface area (Å²) in [5.74, 6) is 0.221. The number of anilines is 1. The van der Waals surface area contributed by atoms with E-state index in [0.29, 0.717) is 15.9 Å². The lowest BCUT2D eigenvalue weighted by Crippen LogP contribution is -2.23. The second-order valence-electron chi connectivity index (χ2n) is 5.88. The van der Waals surface area contributed by atoms with Gasteiger partial charge in [0.2, 0.25) is 0 Å². The van der Waals surface area contributed by atoms with Crippen molar-refractivity contribution < 1.29 is 17.6 Å². The highest BCUT2D eigenvalue weighted by molar-refractivity contribution is 9.10. The van der Waals surface area contributed by atoms with Crippen LogP contribution in [0.15, 0.2) is 74.6 Å². The van der Waals surface area contributed by atoms with Gasteiger partial charge in [0.25, 0.3) is 15.9 Å². The number of benzene rings is 2. The van der Waals surface area contributed by atoms with Crippen molar-refractivity contribution in [2.24, 2.45) is 0 Å². The Morgan fingerprint density at radius 2 is 1.93 bits per heavy atom. The van der Waals surface area contributed by atoms with Crippen LogP contribution in [-0.4, -0.2) is 14.3 Å². The van der Waals surface area contributed by atoms with Gasteiger partial charge in [-0.05, 0) is 70.9 Å². The molecular formula is C19H17BrN2O4S. The van der Waals surface area contributed by atoms with Crippen LogP contribution < -0.4 is 10.0 Å². The molecule has 0 bridgehead atoms. The third-order valence-electron chi connectivity index (χ3n) is 3.78. The number of hydrogen-bond donors (Lipinski definition) is 2. The molecule has 2 aromatic carbocycles. The Morgan fingerprint density at radius 1 is 1.11 bits per heavy atom. The maximum absolute atomic E-state index is 12.7. The zero-order chi connectivity index (χ0) is 19.4. The molecule has 3 rings (SSSR count). The van der Waals surface area contributed by atoms with Gasteiger partial charge in [0.1, 0.15) is 5.76 Å². The third kappa shape index (κ3) is 4.78. The number of hydrogen-bond acceptors (Lipinski definition) is 4. The average molecular weight is 449 g/mol. The van der Waals surface area contributed by atoms with E-state index in [1.165, 1.54) is 24.5 Å². The van der Waals surface area contributed by atoms with Gasteiger partial charge < -0.3 is 9.73 Å². The molecule has 0 aliphatic rings. The zero-order valence-electron chi connectivity index (χ0n) is 14.4. The van der Waals surface area contributed by atoms with Crippen LogP contribution in [0.3, 0.4) is 0 Å². The molecule has 2 N–H and O–H groups in total. The highest BCUT2D eigenvalue weighted by Crippen LogP contribution is 2.26. The molecule has 0 saturated heterocycles. The van der Waals surface area contributed by atoms with Gasteiger partial charge in [-0.2, -0.15) is 0 Å². The van der Waals surface area contributed by atoms with E-state index in [1.54, 1.807) is 30.3 Å². The molecule has 8 heteroatoms. The molecule has 1 amide bonds. The molecule has 0 aliphatic heterocycles. The van der Waals surface area contributed by atoms with Crippen LogP contribution in [0.25, 0.3) is 0 Å². The summed E-state index contributed by atoms with van der Waals surface area (Å²) in [6.07, 6.45) is 1.52. The molecule has 0 saturated carbocycles. The van der Waals surface area contributed by atoms with Crippen LogP contribution in [0, 0.1) is 6.92 Å². The summed E-state index contributed by atoms with van der Waals surface area (Å²) >= 11 is 3.33. The third-order valence-corrected chi connectivity index (χ3v) is 5.83. The maximum Gasteiger partial charge on any atom is 0.261 e. The molecule has 0 atom stereocenters. The largest absolute Gasteiger partial charge is 0.467 e. The molecule has 6 nitrogen and oxygen atoms in total. The van der Waals surface area contributed by atoms with Crippen molar-refractivity contribution in [1.29, 1.82) is 0 Å². The van der Waals surface area contributed by atoms with E-state index in [1.807, 2.05) is 13.0 Å². The minimum Gasteiger partial charge on any atom is -0.467 e. The molecule has 3 aromatic rings. The SMILES string of the molecule is Cc1ccc(Br)c(NS(=O)(=O)c2cccc(C(=O)NCc3ccco3)c2)c1. The number of halogens is 1. The fraction of sp³-hybridized carbons (Fsp3) is 0.105. The van der Waals surface area contributed by atoms with E-state index in [2.05, 4.69) is 26.0 Å². The van der Waals surface area contributed by atoms with Crippen LogP contribution >= 0.6 is 15.9 Å². The van der Waals surface area contributed by atoms with E-state index in [0.717, 1.165) is 5.56 Å². The Kier molecular flexibility index (Phi) is 5.67. The average Bonchev–Trinajstić information content (AvgIpc) is 3.16. The Labute approximate surface area is 165 Å². The van der Waals surface area contributed by atoms with Gasteiger partial charge in [0.15, 0.2) is 0 Å². The topological polar surface area (TPSA) is 88.4 Å².